The molecule has 3 nitrogen and oxygen atoms in total. The molecular formula is C35H45NO2S. The maximum absolute atomic E-state index is 10.0. The number of phenolic OH excluding ortho intramolecular Hbond substituents is 1. The SMILES string of the molecule is Oc1ccc2c(c1)OCC(c1ccccc1)C2c1ccc(SCCCCCCCCCCN2CCCC2)cc1. The van der Waals surface area contributed by atoms with Crippen LogP contribution in [0.1, 0.15) is 92.7 Å². The van der Waals surface area contributed by atoms with Gasteiger partial charge in [-0.15, -0.1) is 11.8 Å². The van der Waals surface area contributed by atoms with Crippen molar-refractivity contribution in [3.8, 4) is 11.5 Å². The number of aromatic hydroxyl groups is 1. The fourth-order valence-corrected chi connectivity index (χ4v) is 7.18. The van der Waals surface area contributed by atoms with E-state index in [0.717, 1.165) is 11.3 Å². The predicted octanol–water partition coefficient (Wildman–Crippen LogP) is 9.01. The molecular weight excluding hydrogens is 498 g/mol. The Labute approximate surface area is 240 Å². The minimum atomic E-state index is 0.205. The number of likely N-dealkylation sites (tertiary alicyclic amines) is 1. The second-order valence-corrected chi connectivity index (χ2v) is 12.5. The summed E-state index contributed by atoms with van der Waals surface area (Å²) in [6.07, 6.45) is 13.9. The van der Waals surface area contributed by atoms with Gasteiger partial charge < -0.3 is 14.7 Å². The van der Waals surface area contributed by atoms with E-state index in [-0.39, 0.29) is 17.6 Å². The monoisotopic (exact) mass is 543 g/mol. The second-order valence-electron chi connectivity index (χ2n) is 11.3. The zero-order valence-corrected chi connectivity index (χ0v) is 24.2. The maximum Gasteiger partial charge on any atom is 0.126 e. The van der Waals surface area contributed by atoms with Gasteiger partial charge in [0.2, 0.25) is 0 Å². The molecule has 0 spiro atoms. The lowest BCUT2D eigenvalue weighted by atomic mass is 9.76. The highest BCUT2D eigenvalue weighted by atomic mass is 32.2. The smallest absolute Gasteiger partial charge is 0.126 e. The van der Waals surface area contributed by atoms with Crippen molar-refractivity contribution in [1.29, 1.82) is 0 Å². The highest BCUT2D eigenvalue weighted by molar-refractivity contribution is 7.99. The average molecular weight is 544 g/mol. The van der Waals surface area contributed by atoms with Gasteiger partial charge in [-0.2, -0.15) is 0 Å². The van der Waals surface area contributed by atoms with E-state index in [1.54, 1.807) is 12.1 Å². The first-order chi connectivity index (χ1) is 19.3. The summed E-state index contributed by atoms with van der Waals surface area (Å²) in [5.74, 6) is 2.70. The van der Waals surface area contributed by atoms with Gasteiger partial charge in [-0.05, 0) is 80.4 Å². The number of nitrogens with zero attached hydrogens (tertiary/aromatic N) is 1. The van der Waals surface area contributed by atoms with Gasteiger partial charge in [0.05, 0.1) is 6.61 Å². The summed E-state index contributed by atoms with van der Waals surface area (Å²) in [5, 5.41) is 10.0. The lowest BCUT2D eigenvalue weighted by Gasteiger charge is -2.34. The third kappa shape index (κ3) is 8.05. The van der Waals surface area contributed by atoms with Crippen LogP contribution in [-0.4, -0.2) is 42.0 Å². The molecule has 39 heavy (non-hydrogen) atoms. The Hall–Kier alpha value is -2.43. The van der Waals surface area contributed by atoms with Gasteiger partial charge in [0.25, 0.3) is 0 Å². The number of benzene rings is 3. The quantitative estimate of drug-likeness (QED) is 0.162. The molecule has 3 aromatic carbocycles. The molecule has 0 amide bonds. The van der Waals surface area contributed by atoms with E-state index < -0.39 is 0 Å². The molecule has 0 aliphatic carbocycles. The van der Waals surface area contributed by atoms with Gasteiger partial charge in [0.1, 0.15) is 11.5 Å². The third-order valence-electron chi connectivity index (χ3n) is 8.46. The van der Waals surface area contributed by atoms with Crippen molar-refractivity contribution in [2.75, 3.05) is 32.0 Å². The minimum absolute atomic E-state index is 0.205. The van der Waals surface area contributed by atoms with Crippen LogP contribution in [0.15, 0.2) is 77.7 Å². The fraction of sp³-hybridized carbons (Fsp3) is 0.486. The standard InChI is InChI=1S/C35H45NO2S/c37-30-18-21-32-34(26-30)38-27-33(28-14-8-7-9-15-28)35(32)29-16-19-31(20-17-29)39-25-13-6-4-2-1-3-5-10-22-36-23-11-12-24-36/h7-9,14-21,26,33,35,37H,1-6,10-13,22-25,27H2. The van der Waals surface area contributed by atoms with E-state index in [1.165, 1.54) is 106 Å². The number of ether oxygens (including phenoxy) is 1. The summed E-state index contributed by atoms with van der Waals surface area (Å²) in [4.78, 5) is 3.99. The lowest BCUT2D eigenvalue weighted by Crippen LogP contribution is -2.25. The van der Waals surface area contributed by atoms with Crippen LogP contribution in [0.4, 0.5) is 0 Å². The number of unbranched alkanes of at least 4 members (excludes halogenated alkanes) is 7. The largest absolute Gasteiger partial charge is 0.508 e. The number of hydrogen-bond donors (Lipinski definition) is 1. The molecule has 1 N–H and O–H groups in total. The summed E-state index contributed by atoms with van der Waals surface area (Å²) in [7, 11) is 0. The predicted molar refractivity (Wildman–Crippen MR) is 164 cm³/mol. The minimum Gasteiger partial charge on any atom is -0.508 e. The summed E-state index contributed by atoms with van der Waals surface area (Å²) >= 11 is 1.99. The van der Waals surface area contributed by atoms with E-state index >= 15 is 0 Å². The molecule has 2 aliphatic rings. The molecule has 1 fully saturated rings. The van der Waals surface area contributed by atoms with Crippen LogP contribution in [0.25, 0.3) is 0 Å². The van der Waals surface area contributed by atoms with Crippen molar-refractivity contribution in [1.82, 2.24) is 4.90 Å². The average Bonchev–Trinajstić information content (AvgIpc) is 3.50. The lowest BCUT2D eigenvalue weighted by molar-refractivity contribution is 0.248. The van der Waals surface area contributed by atoms with Crippen LogP contribution >= 0.6 is 11.8 Å². The van der Waals surface area contributed by atoms with Crippen molar-refractivity contribution in [3.63, 3.8) is 0 Å². The molecule has 4 heteroatoms. The van der Waals surface area contributed by atoms with Crippen molar-refractivity contribution in [3.05, 3.63) is 89.5 Å². The zero-order chi connectivity index (χ0) is 26.7. The van der Waals surface area contributed by atoms with Gasteiger partial charge in [-0.25, -0.2) is 0 Å². The van der Waals surface area contributed by atoms with Gasteiger partial charge in [0, 0.05) is 28.4 Å². The summed E-state index contributed by atoms with van der Waals surface area (Å²) in [6, 6.07) is 25.4. The molecule has 2 heterocycles. The zero-order valence-electron chi connectivity index (χ0n) is 23.4. The van der Waals surface area contributed by atoms with Gasteiger partial charge in [-0.1, -0.05) is 87.1 Å². The van der Waals surface area contributed by atoms with Gasteiger partial charge in [-0.3, -0.25) is 0 Å². The number of thioether (sulfide) groups is 1. The van der Waals surface area contributed by atoms with E-state index in [0.29, 0.717) is 6.61 Å². The molecule has 2 unspecified atom stereocenters. The van der Waals surface area contributed by atoms with E-state index in [9.17, 15) is 5.11 Å². The molecule has 0 radical (unpaired) electrons. The van der Waals surface area contributed by atoms with E-state index in [1.807, 2.05) is 17.8 Å². The molecule has 5 rings (SSSR count). The van der Waals surface area contributed by atoms with Crippen LogP contribution < -0.4 is 4.74 Å². The molecule has 208 valence electrons. The fourth-order valence-electron chi connectivity index (χ4n) is 6.26. The van der Waals surface area contributed by atoms with Crippen LogP contribution in [0.3, 0.4) is 0 Å². The van der Waals surface area contributed by atoms with Crippen LogP contribution in [0, 0.1) is 0 Å². The first-order valence-electron chi connectivity index (χ1n) is 15.2. The highest BCUT2D eigenvalue weighted by Crippen LogP contribution is 2.47. The van der Waals surface area contributed by atoms with Gasteiger partial charge >= 0.3 is 0 Å². The van der Waals surface area contributed by atoms with E-state index in [4.69, 9.17) is 4.74 Å². The molecule has 1 saturated heterocycles. The van der Waals surface area contributed by atoms with E-state index in [2.05, 4.69) is 59.5 Å². The summed E-state index contributed by atoms with van der Waals surface area (Å²) in [5.41, 5.74) is 3.76. The molecule has 2 aliphatic heterocycles. The number of phenols is 1. The Morgan fingerprint density at radius 1 is 0.744 bits per heavy atom. The van der Waals surface area contributed by atoms with Crippen molar-refractivity contribution in [2.45, 2.75) is 80.9 Å². The number of fused-ring (bicyclic) bond motifs is 1. The Bertz CT molecular complexity index is 1130. The first kappa shape index (κ1) is 28.1. The topological polar surface area (TPSA) is 32.7 Å². The highest BCUT2D eigenvalue weighted by Gasteiger charge is 2.33. The Kier molecular flexibility index (Phi) is 10.7. The van der Waals surface area contributed by atoms with Crippen molar-refractivity contribution >= 4 is 11.8 Å². The maximum atomic E-state index is 10.0. The molecule has 0 saturated carbocycles. The first-order valence-corrected chi connectivity index (χ1v) is 16.2. The summed E-state index contributed by atoms with van der Waals surface area (Å²) in [6.45, 7) is 4.62. The summed E-state index contributed by atoms with van der Waals surface area (Å²) < 4.78 is 6.12. The van der Waals surface area contributed by atoms with Crippen LogP contribution in [0.2, 0.25) is 0 Å². The Morgan fingerprint density at radius 3 is 2.18 bits per heavy atom. The van der Waals surface area contributed by atoms with Crippen LogP contribution in [-0.2, 0) is 0 Å². The van der Waals surface area contributed by atoms with Crippen LogP contribution in [0.5, 0.6) is 11.5 Å². The normalized spacial score (nSPS) is 19.1. The molecule has 3 aromatic rings. The molecule has 2 atom stereocenters. The van der Waals surface area contributed by atoms with Crippen molar-refractivity contribution < 1.29 is 9.84 Å². The Morgan fingerprint density at radius 2 is 1.44 bits per heavy atom. The number of hydrogen-bond acceptors (Lipinski definition) is 4. The molecule has 0 aromatic heterocycles. The Balaban J connectivity index is 1.05. The molecule has 0 bridgehead atoms. The van der Waals surface area contributed by atoms with Crippen molar-refractivity contribution in [2.24, 2.45) is 0 Å². The van der Waals surface area contributed by atoms with Gasteiger partial charge in [0.15, 0.2) is 0 Å². The number of rotatable bonds is 14. The second kappa shape index (κ2) is 14.8. The third-order valence-corrected chi connectivity index (χ3v) is 9.55.